The van der Waals surface area contributed by atoms with Crippen LogP contribution in [0.4, 0.5) is 0 Å². The van der Waals surface area contributed by atoms with Crippen molar-refractivity contribution in [2.24, 2.45) is 18.7 Å². The first kappa shape index (κ1) is 15.3. The molecule has 1 atom stereocenters. The van der Waals surface area contributed by atoms with Gasteiger partial charge in [0, 0.05) is 32.7 Å². The third kappa shape index (κ3) is 2.37. The summed E-state index contributed by atoms with van der Waals surface area (Å²) in [6.07, 6.45) is 2.02. The zero-order valence-electron chi connectivity index (χ0n) is 12.5. The molecule has 1 heterocycles. The Labute approximate surface area is 128 Å². The zero-order chi connectivity index (χ0) is 16.1. The predicted octanol–water partition coefficient (Wildman–Crippen LogP) is 0.489. The van der Waals surface area contributed by atoms with Crippen molar-refractivity contribution in [2.45, 2.75) is 23.8 Å². The Morgan fingerprint density at radius 2 is 2.14 bits per heavy atom. The van der Waals surface area contributed by atoms with Crippen LogP contribution >= 0.6 is 0 Å². The summed E-state index contributed by atoms with van der Waals surface area (Å²) < 4.78 is 33.2. The van der Waals surface area contributed by atoms with Gasteiger partial charge in [0.15, 0.2) is 5.58 Å². The molecule has 0 saturated heterocycles. The van der Waals surface area contributed by atoms with Crippen LogP contribution in [-0.2, 0) is 17.1 Å². The highest BCUT2D eigenvalue weighted by Gasteiger charge is 2.38. The number of likely N-dealkylation sites (N-methyl/N-ethyl adjacent to an activating group) is 1. The highest BCUT2D eigenvalue weighted by Crippen LogP contribution is 2.36. The molecule has 1 aromatic carbocycles. The van der Waals surface area contributed by atoms with E-state index in [1.54, 1.807) is 20.2 Å². The fourth-order valence-electron chi connectivity index (χ4n) is 2.74. The lowest BCUT2D eigenvalue weighted by molar-refractivity contribution is 0.340. The first-order valence-electron chi connectivity index (χ1n) is 7.14. The van der Waals surface area contributed by atoms with Crippen molar-refractivity contribution in [3.8, 4) is 0 Å². The van der Waals surface area contributed by atoms with Crippen LogP contribution in [-0.4, -0.2) is 36.9 Å². The second-order valence-electron chi connectivity index (χ2n) is 5.72. The molecule has 120 valence electrons. The summed E-state index contributed by atoms with van der Waals surface area (Å²) in [7, 11) is -0.541. The number of aryl methyl sites for hydroxylation is 1. The first-order chi connectivity index (χ1) is 10.4. The average molecular weight is 325 g/mol. The number of nitrogens with zero attached hydrogens (tertiary/aromatic N) is 2. The van der Waals surface area contributed by atoms with Crippen LogP contribution in [0.3, 0.4) is 0 Å². The van der Waals surface area contributed by atoms with Gasteiger partial charge in [0.25, 0.3) is 0 Å². The fraction of sp³-hybridized carbons (Fsp3) is 0.500. The lowest BCUT2D eigenvalue weighted by Gasteiger charge is -2.26. The van der Waals surface area contributed by atoms with Gasteiger partial charge in [-0.15, -0.1) is 0 Å². The fourth-order valence-corrected chi connectivity index (χ4v) is 4.18. The molecule has 1 fully saturated rings. The molecular formula is C14H19N3O4S. The van der Waals surface area contributed by atoms with Gasteiger partial charge in [-0.3, -0.25) is 4.57 Å². The van der Waals surface area contributed by atoms with Crippen molar-refractivity contribution < 1.29 is 12.8 Å². The SMILES string of the molecule is CN(C(CN)C1CC1)S(=O)(=O)c1ccc2c(c1)oc(=O)n2C. The molecule has 0 bridgehead atoms. The van der Waals surface area contributed by atoms with Crippen LogP contribution in [0.15, 0.2) is 32.3 Å². The van der Waals surface area contributed by atoms with Gasteiger partial charge in [0.1, 0.15) is 0 Å². The smallest absolute Gasteiger partial charge is 0.408 e. The second kappa shape index (κ2) is 5.22. The van der Waals surface area contributed by atoms with Crippen LogP contribution in [0.1, 0.15) is 12.8 Å². The highest BCUT2D eigenvalue weighted by atomic mass is 32.2. The number of rotatable bonds is 5. The van der Waals surface area contributed by atoms with E-state index in [-0.39, 0.29) is 16.5 Å². The number of oxazole rings is 1. The lowest BCUT2D eigenvalue weighted by atomic mass is 10.2. The number of benzene rings is 1. The topological polar surface area (TPSA) is 98.5 Å². The molecule has 0 amide bonds. The van der Waals surface area contributed by atoms with E-state index in [4.69, 9.17) is 10.2 Å². The maximum absolute atomic E-state index is 12.7. The largest absolute Gasteiger partial charge is 0.419 e. The average Bonchev–Trinajstić information content (AvgIpc) is 3.27. The van der Waals surface area contributed by atoms with Crippen molar-refractivity contribution in [2.75, 3.05) is 13.6 Å². The Hall–Kier alpha value is -1.64. The summed E-state index contributed by atoms with van der Waals surface area (Å²) >= 11 is 0. The molecule has 7 nitrogen and oxygen atoms in total. The number of aromatic nitrogens is 1. The van der Waals surface area contributed by atoms with E-state index in [1.807, 2.05) is 0 Å². The highest BCUT2D eigenvalue weighted by molar-refractivity contribution is 7.89. The molecule has 0 radical (unpaired) electrons. The predicted molar refractivity (Wildman–Crippen MR) is 82.0 cm³/mol. The molecule has 0 aliphatic heterocycles. The van der Waals surface area contributed by atoms with Crippen molar-refractivity contribution in [3.63, 3.8) is 0 Å². The molecule has 1 saturated carbocycles. The quantitative estimate of drug-likeness (QED) is 0.862. The van der Waals surface area contributed by atoms with E-state index in [1.165, 1.54) is 21.0 Å². The molecule has 1 unspecified atom stereocenters. The van der Waals surface area contributed by atoms with E-state index >= 15 is 0 Å². The number of hydrogen-bond donors (Lipinski definition) is 1. The molecule has 3 rings (SSSR count). The molecule has 1 aliphatic carbocycles. The Morgan fingerprint density at radius 1 is 1.45 bits per heavy atom. The molecule has 22 heavy (non-hydrogen) atoms. The van der Waals surface area contributed by atoms with Gasteiger partial charge in [-0.05, 0) is 30.9 Å². The summed E-state index contributed by atoms with van der Waals surface area (Å²) in [4.78, 5) is 11.6. The number of hydrogen-bond acceptors (Lipinski definition) is 5. The molecule has 8 heteroatoms. The van der Waals surface area contributed by atoms with Gasteiger partial charge < -0.3 is 10.2 Å². The second-order valence-corrected chi connectivity index (χ2v) is 7.72. The van der Waals surface area contributed by atoms with Crippen molar-refractivity contribution in [1.82, 2.24) is 8.87 Å². The summed E-state index contributed by atoms with van der Waals surface area (Å²) in [5.74, 6) is -0.182. The van der Waals surface area contributed by atoms with Gasteiger partial charge >= 0.3 is 5.76 Å². The van der Waals surface area contributed by atoms with Crippen LogP contribution in [0.25, 0.3) is 11.1 Å². The van der Waals surface area contributed by atoms with E-state index in [2.05, 4.69) is 0 Å². The Morgan fingerprint density at radius 3 is 2.73 bits per heavy atom. The van der Waals surface area contributed by atoms with Gasteiger partial charge in [-0.1, -0.05) is 0 Å². The van der Waals surface area contributed by atoms with Crippen LogP contribution in [0.2, 0.25) is 0 Å². The minimum absolute atomic E-state index is 0.107. The Balaban J connectivity index is 2.02. The van der Waals surface area contributed by atoms with Crippen LogP contribution < -0.4 is 11.5 Å². The third-order valence-electron chi connectivity index (χ3n) is 4.32. The summed E-state index contributed by atoms with van der Waals surface area (Å²) in [5.41, 5.74) is 6.56. The maximum Gasteiger partial charge on any atom is 0.419 e. The number of sulfonamides is 1. The minimum atomic E-state index is -3.67. The van der Waals surface area contributed by atoms with Crippen molar-refractivity contribution in [3.05, 3.63) is 28.7 Å². The Kier molecular flexibility index (Phi) is 3.62. The van der Waals surface area contributed by atoms with E-state index in [9.17, 15) is 13.2 Å². The van der Waals surface area contributed by atoms with E-state index in [0.29, 0.717) is 18.0 Å². The zero-order valence-corrected chi connectivity index (χ0v) is 13.3. The van der Waals surface area contributed by atoms with E-state index in [0.717, 1.165) is 12.8 Å². The normalized spacial score (nSPS) is 17.3. The van der Waals surface area contributed by atoms with E-state index < -0.39 is 15.8 Å². The molecule has 0 spiro atoms. The van der Waals surface area contributed by atoms with Crippen LogP contribution in [0, 0.1) is 5.92 Å². The molecule has 2 aromatic rings. The van der Waals surface area contributed by atoms with Gasteiger partial charge in [0.05, 0.1) is 10.4 Å². The molecular weight excluding hydrogens is 306 g/mol. The summed E-state index contributed by atoms with van der Waals surface area (Å²) in [6.45, 7) is 0.295. The minimum Gasteiger partial charge on any atom is -0.408 e. The lowest BCUT2D eigenvalue weighted by Crippen LogP contribution is -2.43. The maximum atomic E-state index is 12.7. The first-order valence-corrected chi connectivity index (χ1v) is 8.58. The Bertz CT molecular complexity index is 864. The van der Waals surface area contributed by atoms with Crippen molar-refractivity contribution in [1.29, 1.82) is 0 Å². The van der Waals surface area contributed by atoms with Crippen LogP contribution in [0.5, 0.6) is 0 Å². The van der Waals surface area contributed by atoms with Gasteiger partial charge in [0.2, 0.25) is 10.0 Å². The molecule has 2 N–H and O–H groups in total. The third-order valence-corrected chi connectivity index (χ3v) is 6.19. The number of nitrogens with two attached hydrogens (primary N) is 1. The number of fused-ring (bicyclic) bond motifs is 1. The molecule has 1 aromatic heterocycles. The summed E-state index contributed by atoms with van der Waals surface area (Å²) in [5, 5.41) is 0. The van der Waals surface area contributed by atoms with Gasteiger partial charge in [-0.2, -0.15) is 4.31 Å². The standard InChI is InChI=1S/C14H19N3O4S/c1-16-11-6-5-10(7-13(11)21-14(16)18)22(19,20)17(2)12(8-15)9-3-4-9/h5-7,9,12H,3-4,8,15H2,1-2H3. The van der Waals surface area contributed by atoms with Gasteiger partial charge in [-0.25, -0.2) is 13.2 Å². The summed E-state index contributed by atoms with van der Waals surface area (Å²) in [6, 6.07) is 4.27. The van der Waals surface area contributed by atoms with Crippen molar-refractivity contribution >= 4 is 21.1 Å². The monoisotopic (exact) mass is 325 g/mol. The molecule has 1 aliphatic rings.